The van der Waals surface area contributed by atoms with Gasteiger partial charge in [0.1, 0.15) is 0 Å². The first-order valence-electron chi connectivity index (χ1n) is 7.00. The molecule has 0 bridgehead atoms. The fourth-order valence-corrected chi connectivity index (χ4v) is 2.74. The third-order valence-corrected chi connectivity index (χ3v) is 3.89. The summed E-state index contributed by atoms with van der Waals surface area (Å²) in [7, 11) is 1.82. The topological polar surface area (TPSA) is 59.0 Å². The van der Waals surface area contributed by atoms with Gasteiger partial charge in [0, 0.05) is 44.0 Å². The van der Waals surface area contributed by atoms with E-state index >= 15 is 0 Å². The van der Waals surface area contributed by atoms with Crippen LogP contribution in [-0.4, -0.2) is 28.8 Å². The Morgan fingerprint density at radius 1 is 1.35 bits per heavy atom. The van der Waals surface area contributed by atoms with Crippen LogP contribution in [0.2, 0.25) is 0 Å². The Balaban J connectivity index is 0.00000192. The van der Waals surface area contributed by atoms with Crippen molar-refractivity contribution in [2.75, 3.05) is 18.4 Å². The molecule has 0 unspecified atom stereocenters. The molecule has 8 heteroatoms. The highest BCUT2D eigenvalue weighted by Gasteiger charge is 2.34. The zero-order valence-electron chi connectivity index (χ0n) is 12.4. The van der Waals surface area contributed by atoms with E-state index in [0.717, 1.165) is 17.7 Å². The molecule has 0 aliphatic carbocycles. The van der Waals surface area contributed by atoms with Crippen molar-refractivity contribution >= 4 is 24.0 Å². The molecular weight excluding hydrogens is 326 g/mol. The van der Waals surface area contributed by atoms with Crippen molar-refractivity contribution in [3.63, 3.8) is 0 Å². The average Bonchev–Trinajstić information content (AvgIpc) is 3.11. The lowest BCUT2D eigenvalue weighted by Gasteiger charge is -2.17. The van der Waals surface area contributed by atoms with Crippen LogP contribution in [0.15, 0.2) is 30.6 Å². The molecule has 1 amide bonds. The van der Waals surface area contributed by atoms with Gasteiger partial charge in [-0.1, -0.05) is 0 Å². The van der Waals surface area contributed by atoms with Gasteiger partial charge in [-0.05, 0) is 17.7 Å². The number of halogens is 3. The van der Waals surface area contributed by atoms with E-state index in [1.165, 1.54) is 6.07 Å². The first kappa shape index (κ1) is 17.4. The van der Waals surface area contributed by atoms with E-state index in [0.29, 0.717) is 13.1 Å². The summed E-state index contributed by atoms with van der Waals surface area (Å²) in [5.41, 5.74) is 1.23. The van der Waals surface area contributed by atoms with Gasteiger partial charge in [-0.3, -0.25) is 9.48 Å². The van der Waals surface area contributed by atoms with Gasteiger partial charge >= 0.3 is 0 Å². The zero-order chi connectivity index (χ0) is 15.7. The Kier molecular flexibility index (Phi) is 5.33. The van der Waals surface area contributed by atoms with Gasteiger partial charge in [0.2, 0.25) is 5.91 Å². The molecule has 1 aromatic heterocycles. The van der Waals surface area contributed by atoms with E-state index in [1.807, 2.05) is 13.2 Å². The molecule has 1 fully saturated rings. The van der Waals surface area contributed by atoms with Gasteiger partial charge in [-0.2, -0.15) is 5.10 Å². The minimum atomic E-state index is -0.980. The normalized spacial score (nSPS) is 20.1. The predicted molar refractivity (Wildman–Crippen MR) is 84.5 cm³/mol. The van der Waals surface area contributed by atoms with Crippen molar-refractivity contribution in [3.8, 4) is 0 Å². The van der Waals surface area contributed by atoms with Crippen molar-refractivity contribution in [2.45, 2.75) is 5.92 Å². The number of benzene rings is 1. The number of carbonyl (C=O) groups is 1. The van der Waals surface area contributed by atoms with E-state index in [1.54, 1.807) is 10.9 Å². The van der Waals surface area contributed by atoms with Crippen molar-refractivity contribution in [1.29, 1.82) is 0 Å². The number of nitrogens with zero attached hydrogens (tertiary/aromatic N) is 2. The van der Waals surface area contributed by atoms with Crippen molar-refractivity contribution in [1.82, 2.24) is 15.1 Å². The second-order valence-electron chi connectivity index (χ2n) is 5.44. The molecule has 23 heavy (non-hydrogen) atoms. The summed E-state index contributed by atoms with van der Waals surface area (Å²) < 4.78 is 27.8. The maximum Gasteiger partial charge on any atom is 0.229 e. The summed E-state index contributed by atoms with van der Waals surface area (Å²) in [6.45, 7) is 1.22. The number of nitrogens with one attached hydrogen (secondary N) is 2. The summed E-state index contributed by atoms with van der Waals surface area (Å²) >= 11 is 0. The second-order valence-corrected chi connectivity index (χ2v) is 5.44. The lowest BCUT2D eigenvalue weighted by atomic mass is 9.90. The highest BCUT2D eigenvalue weighted by Crippen LogP contribution is 2.29. The Bertz CT molecular complexity index is 707. The number of aromatic nitrogens is 2. The van der Waals surface area contributed by atoms with Crippen LogP contribution in [-0.2, 0) is 11.8 Å². The summed E-state index contributed by atoms with van der Waals surface area (Å²) in [6, 6.07) is 3.32. The van der Waals surface area contributed by atoms with E-state index in [2.05, 4.69) is 15.7 Å². The van der Waals surface area contributed by atoms with Gasteiger partial charge in [0.05, 0.1) is 12.1 Å². The fraction of sp³-hybridized carbons (Fsp3) is 0.333. The number of rotatable bonds is 3. The molecule has 2 atom stereocenters. The largest absolute Gasteiger partial charge is 0.326 e. The minimum absolute atomic E-state index is 0. The average molecular weight is 343 g/mol. The van der Waals surface area contributed by atoms with Crippen LogP contribution in [0.25, 0.3) is 0 Å². The van der Waals surface area contributed by atoms with Crippen molar-refractivity contribution in [3.05, 3.63) is 47.8 Å². The SMILES string of the molecule is Cl.Cn1cc([C@H]2CNC[C@@H]2C(=O)Nc2ccc(F)c(F)c2)cn1. The lowest BCUT2D eigenvalue weighted by molar-refractivity contribution is -0.119. The second kappa shape index (κ2) is 7.06. The molecule has 0 radical (unpaired) electrons. The molecule has 0 spiro atoms. The Morgan fingerprint density at radius 3 is 2.78 bits per heavy atom. The maximum atomic E-state index is 13.2. The van der Waals surface area contributed by atoms with E-state index in [4.69, 9.17) is 0 Å². The molecule has 1 saturated heterocycles. The Hall–Kier alpha value is -1.99. The van der Waals surface area contributed by atoms with E-state index < -0.39 is 11.6 Å². The van der Waals surface area contributed by atoms with Gasteiger partial charge in [-0.15, -0.1) is 12.4 Å². The standard InChI is InChI=1S/C15H16F2N4O.ClH/c1-21-8-9(5-19-21)11-6-18-7-12(11)15(22)20-10-2-3-13(16)14(17)4-10;/h2-5,8,11-12,18H,6-7H2,1H3,(H,20,22);1H/t11-,12+;/m1./s1. The summed E-state index contributed by atoms with van der Waals surface area (Å²) in [5.74, 6) is -2.40. The highest BCUT2D eigenvalue weighted by atomic mass is 35.5. The van der Waals surface area contributed by atoms with Gasteiger partial charge in [0.15, 0.2) is 11.6 Å². The molecule has 3 rings (SSSR count). The molecule has 2 N–H and O–H groups in total. The molecule has 1 aliphatic heterocycles. The van der Waals surface area contributed by atoms with E-state index in [-0.39, 0.29) is 35.8 Å². The number of anilines is 1. The molecule has 2 heterocycles. The third kappa shape index (κ3) is 3.68. The molecule has 2 aromatic rings. The fourth-order valence-electron chi connectivity index (χ4n) is 2.74. The first-order valence-corrected chi connectivity index (χ1v) is 7.00. The van der Waals surface area contributed by atoms with Gasteiger partial charge in [0.25, 0.3) is 0 Å². The summed E-state index contributed by atoms with van der Waals surface area (Å²) in [4.78, 5) is 12.4. The molecular formula is C15H17ClF2N4O. The quantitative estimate of drug-likeness (QED) is 0.897. The van der Waals surface area contributed by atoms with Crippen LogP contribution in [0.1, 0.15) is 11.5 Å². The maximum absolute atomic E-state index is 13.2. The highest BCUT2D eigenvalue weighted by molar-refractivity contribution is 5.93. The summed E-state index contributed by atoms with van der Waals surface area (Å²) in [6.07, 6.45) is 3.63. The van der Waals surface area contributed by atoms with Crippen LogP contribution in [0, 0.1) is 17.6 Å². The number of aryl methyl sites for hydroxylation is 1. The first-order chi connectivity index (χ1) is 10.5. The Labute approximate surface area is 138 Å². The predicted octanol–water partition coefficient (Wildman–Crippen LogP) is 2.06. The molecule has 5 nitrogen and oxygen atoms in total. The number of amides is 1. The van der Waals surface area contributed by atoms with Crippen molar-refractivity contribution in [2.24, 2.45) is 13.0 Å². The molecule has 0 saturated carbocycles. The van der Waals surface area contributed by atoms with Crippen LogP contribution in [0.3, 0.4) is 0 Å². The monoisotopic (exact) mass is 342 g/mol. The van der Waals surface area contributed by atoms with Crippen LogP contribution >= 0.6 is 12.4 Å². The zero-order valence-corrected chi connectivity index (χ0v) is 13.2. The summed E-state index contributed by atoms with van der Waals surface area (Å²) in [5, 5.41) is 9.96. The minimum Gasteiger partial charge on any atom is -0.326 e. The molecule has 1 aromatic carbocycles. The van der Waals surface area contributed by atoms with Gasteiger partial charge in [-0.25, -0.2) is 8.78 Å². The number of hydrogen-bond acceptors (Lipinski definition) is 3. The van der Waals surface area contributed by atoms with Crippen LogP contribution in [0.4, 0.5) is 14.5 Å². The number of carbonyl (C=O) groups excluding carboxylic acids is 1. The smallest absolute Gasteiger partial charge is 0.229 e. The van der Waals surface area contributed by atoms with E-state index in [9.17, 15) is 13.6 Å². The van der Waals surface area contributed by atoms with Crippen molar-refractivity contribution < 1.29 is 13.6 Å². The Morgan fingerprint density at radius 2 is 2.13 bits per heavy atom. The molecule has 124 valence electrons. The van der Waals surface area contributed by atoms with Gasteiger partial charge < -0.3 is 10.6 Å². The molecule has 1 aliphatic rings. The third-order valence-electron chi connectivity index (χ3n) is 3.89. The lowest BCUT2D eigenvalue weighted by Crippen LogP contribution is -2.28. The number of hydrogen-bond donors (Lipinski definition) is 2. The van der Waals surface area contributed by atoms with Crippen LogP contribution in [0.5, 0.6) is 0 Å². The van der Waals surface area contributed by atoms with Crippen LogP contribution < -0.4 is 10.6 Å².